The zero-order valence-electron chi connectivity index (χ0n) is 19.3. The van der Waals surface area contributed by atoms with Crippen LogP contribution in [-0.4, -0.2) is 26.4 Å². The monoisotopic (exact) mass is 492 g/mol. The van der Waals surface area contributed by atoms with Crippen LogP contribution in [0.1, 0.15) is 26.4 Å². The lowest BCUT2D eigenvalue weighted by Crippen LogP contribution is -2.59. The number of fused-ring (bicyclic) bond motifs is 6. The molecule has 1 aliphatic rings. The summed E-state index contributed by atoms with van der Waals surface area (Å²) < 4.78 is 2.15. The summed E-state index contributed by atoms with van der Waals surface area (Å²) in [4.78, 5) is 1.82. The van der Waals surface area contributed by atoms with E-state index < -0.39 is 26.6 Å². The van der Waals surface area contributed by atoms with Gasteiger partial charge in [-0.25, -0.2) is 0 Å². The van der Waals surface area contributed by atoms with Gasteiger partial charge in [0.1, 0.15) is 10.4 Å². The largest absolute Gasteiger partial charge is 0.383 e. The van der Waals surface area contributed by atoms with Gasteiger partial charge in [-0.2, -0.15) is 0 Å². The molecule has 0 fully saturated rings. The molecule has 0 radical (unpaired) electrons. The quantitative estimate of drug-likeness (QED) is 0.243. The highest BCUT2D eigenvalue weighted by Crippen LogP contribution is 2.62. The molecule has 2 heterocycles. The van der Waals surface area contributed by atoms with Crippen LogP contribution in [0, 0.1) is 12.3 Å². The van der Waals surface area contributed by atoms with Crippen LogP contribution in [0.15, 0.2) is 42.5 Å². The maximum atomic E-state index is 12.8. The summed E-state index contributed by atoms with van der Waals surface area (Å²) in [7, 11) is -4.53. The molecular formula is C26H28O2S2Si2. The lowest BCUT2D eigenvalue weighted by atomic mass is 9.87. The van der Waals surface area contributed by atoms with Crippen LogP contribution in [0.2, 0.25) is 39.3 Å². The van der Waals surface area contributed by atoms with E-state index in [9.17, 15) is 10.2 Å². The molecule has 0 bridgehead atoms. The highest BCUT2D eigenvalue weighted by Gasteiger charge is 2.62. The van der Waals surface area contributed by atoms with E-state index in [4.69, 9.17) is 6.42 Å². The first-order valence-corrected chi connectivity index (χ1v) is 19.5. The first-order chi connectivity index (χ1) is 14.9. The zero-order valence-corrected chi connectivity index (χ0v) is 23.0. The van der Waals surface area contributed by atoms with Crippen molar-refractivity contribution in [1.82, 2.24) is 0 Å². The van der Waals surface area contributed by atoms with Crippen molar-refractivity contribution >= 4 is 59.0 Å². The fourth-order valence-corrected chi connectivity index (χ4v) is 13.7. The number of hydrogen-bond donors (Lipinski definition) is 2. The highest BCUT2D eigenvalue weighted by atomic mass is 32.1. The predicted octanol–water partition coefficient (Wildman–Crippen LogP) is 6.64. The molecule has 0 amide bonds. The Balaban J connectivity index is 2.10. The molecule has 0 saturated carbocycles. The Labute approximate surface area is 199 Å². The Morgan fingerprint density at radius 1 is 0.750 bits per heavy atom. The van der Waals surface area contributed by atoms with Gasteiger partial charge in [-0.3, -0.25) is 0 Å². The molecule has 2 atom stereocenters. The summed E-state index contributed by atoms with van der Waals surface area (Å²) >= 11 is 3.25. The van der Waals surface area contributed by atoms with E-state index in [1.54, 1.807) is 22.7 Å². The Morgan fingerprint density at radius 3 is 1.91 bits per heavy atom. The Morgan fingerprint density at radius 2 is 1.28 bits per heavy atom. The normalized spacial score (nSPS) is 23.2. The van der Waals surface area contributed by atoms with Gasteiger partial charge in [0.2, 0.25) is 0 Å². The average molecular weight is 493 g/mol. The first kappa shape index (κ1) is 22.1. The van der Waals surface area contributed by atoms with Crippen molar-refractivity contribution in [3.63, 3.8) is 0 Å². The Kier molecular flexibility index (Phi) is 4.60. The van der Waals surface area contributed by atoms with Crippen molar-refractivity contribution in [1.29, 1.82) is 0 Å². The number of thiophene rings is 2. The molecule has 2 unspecified atom stereocenters. The van der Waals surface area contributed by atoms with E-state index in [1.807, 2.05) is 24.3 Å². The number of aliphatic hydroxyl groups is 2. The molecular weight excluding hydrogens is 465 g/mol. The van der Waals surface area contributed by atoms with Crippen molar-refractivity contribution in [2.45, 2.75) is 49.7 Å². The summed E-state index contributed by atoms with van der Waals surface area (Å²) in [6.45, 7) is 13.3. The van der Waals surface area contributed by atoms with Gasteiger partial charge in [-0.1, -0.05) is 69.5 Å². The van der Waals surface area contributed by atoms with Crippen LogP contribution in [0.3, 0.4) is 0 Å². The van der Waals surface area contributed by atoms with Crippen molar-refractivity contribution in [3.8, 4) is 12.3 Å². The fourth-order valence-electron chi connectivity index (χ4n) is 5.19. The minimum atomic E-state index is -2.28. The maximum Gasteiger partial charge on any atom is 0.113 e. The van der Waals surface area contributed by atoms with E-state index in [1.165, 1.54) is 0 Å². The smallest absolute Gasteiger partial charge is 0.113 e. The molecule has 0 aliphatic heterocycles. The average Bonchev–Trinajstić information content (AvgIpc) is 3.30. The molecule has 5 rings (SSSR count). The third-order valence-corrected chi connectivity index (χ3v) is 15.3. The number of terminal acetylenes is 1. The van der Waals surface area contributed by atoms with E-state index in [0.717, 1.165) is 46.6 Å². The second-order valence-electron chi connectivity index (χ2n) is 10.9. The predicted molar refractivity (Wildman–Crippen MR) is 144 cm³/mol. The third-order valence-electron chi connectivity index (χ3n) is 7.02. The van der Waals surface area contributed by atoms with Gasteiger partial charge >= 0.3 is 0 Å². The van der Waals surface area contributed by atoms with Crippen molar-refractivity contribution in [2.75, 3.05) is 0 Å². The second-order valence-corrected chi connectivity index (χ2v) is 23.4. The SMILES string of the molecule is C#Cc1cccc2sc3c(c12)C(O)([Si](C)(C)C)c1sc2ccccc2c1C3(O)[Si](C)(C)C. The highest BCUT2D eigenvalue weighted by molar-refractivity contribution is 7.22. The molecule has 2 nitrogen and oxygen atoms in total. The molecule has 1 aliphatic carbocycles. The van der Waals surface area contributed by atoms with Crippen molar-refractivity contribution in [3.05, 3.63) is 68.9 Å². The van der Waals surface area contributed by atoms with Gasteiger partial charge in [0.15, 0.2) is 0 Å². The molecule has 0 spiro atoms. The summed E-state index contributed by atoms with van der Waals surface area (Å²) in [5.41, 5.74) is 2.59. The summed E-state index contributed by atoms with van der Waals surface area (Å²) in [6, 6.07) is 14.3. The minimum absolute atomic E-state index is 0.791. The molecule has 0 saturated heterocycles. The number of benzene rings is 2. The lowest BCUT2D eigenvalue weighted by molar-refractivity contribution is 0.118. The van der Waals surface area contributed by atoms with Gasteiger partial charge in [-0.15, -0.1) is 29.1 Å². The van der Waals surface area contributed by atoms with E-state index >= 15 is 0 Å². The molecule has 32 heavy (non-hydrogen) atoms. The van der Waals surface area contributed by atoms with Crippen LogP contribution >= 0.6 is 22.7 Å². The molecule has 4 aromatic rings. The molecule has 6 heteroatoms. The number of hydrogen-bond acceptors (Lipinski definition) is 4. The van der Waals surface area contributed by atoms with E-state index in [0.29, 0.717) is 0 Å². The van der Waals surface area contributed by atoms with Crippen LogP contribution in [-0.2, 0) is 10.4 Å². The van der Waals surface area contributed by atoms with Crippen LogP contribution in [0.4, 0.5) is 0 Å². The Hall–Kier alpha value is -1.73. The van der Waals surface area contributed by atoms with Crippen LogP contribution in [0.5, 0.6) is 0 Å². The van der Waals surface area contributed by atoms with E-state index in [-0.39, 0.29) is 0 Å². The summed E-state index contributed by atoms with van der Waals surface area (Å²) in [5.74, 6) is 2.86. The van der Waals surface area contributed by atoms with Gasteiger partial charge in [0, 0.05) is 41.2 Å². The molecule has 2 aromatic heterocycles. The third kappa shape index (κ3) is 2.52. The number of rotatable bonds is 2. The van der Waals surface area contributed by atoms with Gasteiger partial charge in [0.05, 0.1) is 16.1 Å². The van der Waals surface area contributed by atoms with E-state index in [2.05, 4.69) is 63.4 Å². The maximum absolute atomic E-state index is 12.8. The molecule has 164 valence electrons. The lowest BCUT2D eigenvalue weighted by Gasteiger charge is -2.50. The second kappa shape index (κ2) is 6.66. The summed E-state index contributed by atoms with van der Waals surface area (Å²) in [5, 5.41) is 25.4. The zero-order chi connectivity index (χ0) is 23.3. The van der Waals surface area contributed by atoms with Crippen LogP contribution < -0.4 is 0 Å². The topological polar surface area (TPSA) is 40.5 Å². The Bertz CT molecular complexity index is 1450. The van der Waals surface area contributed by atoms with Gasteiger partial charge < -0.3 is 10.2 Å². The van der Waals surface area contributed by atoms with Crippen molar-refractivity contribution < 1.29 is 10.2 Å². The standard InChI is InChI=1S/C26H28O2S2Si2/c1-8-16-12-11-15-19-20(16)22-24(30-19)25(27,31(2,3)4)21-17-13-9-10-14-18(17)29-23(21)26(22,28)32(5,6)7/h1,9-15,27-28H,2-7H3. The van der Waals surface area contributed by atoms with Gasteiger partial charge in [-0.05, 0) is 23.6 Å². The van der Waals surface area contributed by atoms with Crippen LogP contribution in [0.25, 0.3) is 20.2 Å². The van der Waals surface area contributed by atoms with Crippen molar-refractivity contribution in [2.24, 2.45) is 0 Å². The fraction of sp³-hybridized carbons (Fsp3) is 0.308. The minimum Gasteiger partial charge on any atom is -0.383 e. The first-order valence-electron chi connectivity index (χ1n) is 10.9. The molecule has 2 N–H and O–H groups in total. The van der Waals surface area contributed by atoms with Gasteiger partial charge in [0.25, 0.3) is 0 Å². The summed E-state index contributed by atoms with van der Waals surface area (Å²) in [6.07, 6.45) is 5.95. The molecule has 2 aromatic carbocycles.